The van der Waals surface area contributed by atoms with Crippen LogP contribution in [-0.4, -0.2) is 49.0 Å². The van der Waals surface area contributed by atoms with E-state index in [1.54, 1.807) is 14.0 Å². The second kappa shape index (κ2) is 9.67. The van der Waals surface area contributed by atoms with Crippen LogP contribution in [0.5, 0.6) is 0 Å². The predicted molar refractivity (Wildman–Crippen MR) is 101 cm³/mol. The fourth-order valence-corrected chi connectivity index (χ4v) is 3.14. The summed E-state index contributed by atoms with van der Waals surface area (Å²) < 4.78 is 13.9. The molecule has 0 spiro atoms. The van der Waals surface area contributed by atoms with Crippen LogP contribution < -0.4 is 10.6 Å². The minimum absolute atomic E-state index is 0.269. The zero-order valence-electron chi connectivity index (χ0n) is 15.3. The summed E-state index contributed by atoms with van der Waals surface area (Å²) in [4.78, 5) is 36.3. The lowest BCUT2D eigenvalue weighted by atomic mass is 10.1. The van der Waals surface area contributed by atoms with Crippen molar-refractivity contribution in [2.45, 2.75) is 19.4 Å². The molecule has 0 radical (unpaired) electrons. The number of aromatic nitrogens is 1. The molecular weight excluding hydrogens is 370 g/mol. The lowest BCUT2D eigenvalue weighted by Crippen LogP contribution is -2.44. The van der Waals surface area contributed by atoms with Crippen LogP contribution >= 0.6 is 11.5 Å². The Bertz CT molecular complexity index is 807. The van der Waals surface area contributed by atoms with Gasteiger partial charge >= 0.3 is 11.9 Å². The highest BCUT2D eigenvalue weighted by Crippen LogP contribution is 2.24. The summed E-state index contributed by atoms with van der Waals surface area (Å²) in [5.74, 6) is -1.83. The van der Waals surface area contributed by atoms with E-state index >= 15 is 0 Å². The van der Waals surface area contributed by atoms with Crippen molar-refractivity contribution in [3.05, 3.63) is 47.2 Å². The number of anilines is 1. The third kappa shape index (κ3) is 5.52. The molecule has 2 N–H and O–H groups in total. The molecule has 0 saturated carbocycles. The molecule has 9 heteroatoms. The van der Waals surface area contributed by atoms with E-state index in [1.165, 1.54) is 7.11 Å². The Kier molecular flexibility index (Phi) is 7.30. The van der Waals surface area contributed by atoms with Gasteiger partial charge in [0.05, 0.1) is 12.8 Å². The van der Waals surface area contributed by atoms with E-state index in [9.17, 15) is 14.4 Å². The number of amides is 1. The first-order valence-electron chi connectivity index (χ1n) is 8.18. The number of methoxy groups -OCH3 is 1. The number of benzene rings is 1. The molecule has 0 fully saturated rings. The molecule has 1 atom stereocenters. The number of carbonyl (C=O) groups excluding carboxylic acids is 3. The lowest BCUT2D eigenvalue weighted by Gasteiger charge is -2.16. The maximum absolute atomic E-state index is 12.2. The van der Waals surface area contributed by atoms with Gasteiger partial charge < -0.3 is 20.1 Å². The molecule has 0 bridgehead atoms. The minimum Gasteiger partial charge on any atom is -0.467 e. The summed E-state index contributed by atoms with van der Waals surface area (Å²) in [7, 11) is 2.92. The van der Waals surface area contributed by atoms with Crippen LogP contribution in [0.3, 0.4) is 0 Å². The molecule has 1 amide bonds. The van der Waals surface area contributed by atoms with Crippen molar-refractivity contribution < 1.29 is 23.9 Å². The van der Waals surface area contributed by atoms with Crippen molar-refractivity contribution in [3.8, 4) is 0 Å². The SMILES string of the molecule is CNc1snc(C)c1C(=O)OCC(=O)N[C@@H](Cc1ccccc1)C(=O)OC. The van der Waals surface area contributed by atoms with Gasteiger partial charge in [-0.15, -0.1) is 0 Å². The van der Waals surface area contributed by atoms with Gasteiger partial charge in [-0.05, 0) is 24.0 Å². The maximum atomic E-state index is 12.2. The Labute approximate surface area is 161 Å². The monoisotopic (exact) mass is 391 g/mol. The fraction of sp³-hybridized carbons (Fsp3) is 0.333. The van der Waals surface area contributed by atoms with Gasteiger partial charge in [-0.25, -0.2) is 9.59 Å². The molecule has 0 saturated heterocycles. The van der Waals surface area contributed by atoms with Gasteiger partial charge in [0.25, 0.3) is 5.91 Å². The first-order chi connectivity index (χ1) is 13.0. The zero-order chi connectivity index (χ0) is 19.8. The van der Waals surface area contributed by atoms with Crippen molar-refractivity contribution in [3.63, 3.8) is 0 Å². The first kappa shape index (κ1) is 20.4. The summed E-state index contributed by atoms with van der Waals surface area (Å²) in [6.45, 7) is 1.17. The Hall–Kier alpha value is -2.94. The Morgan fingerprint density at radius 3 is 2.56 bits per heavy atom. The summed E-state index contributed by atoms with van der Waals surface area (Å²) in [6, 6.07) is 8.34. The van der Waals surface area contributed by atoms with Crippen molar-refractivity contribution in [1.82, 2.24) is 9.69 Å². The van der Waals surface area contributed by atoms with Crippen LogP contribution in [0.25, 0.3) is 0 Å². The number of hydrogen-bond acceptors (Lipinski definition) is 8. The topological polar surface area (TPSA) is 107 Å². The molecule has 1 heterocycles. The normalized spacial score (nSPS) is 11.4. The van der Waals surface area contributed by atoms with E-state index < -0.39 is 30.5 Å². The van der Waals surface area contributed by atoms with E-state index in [0.29, 0.717) is 16.3 Å². The largest absolute Gasteiger partial charge is 0.467 e. The zero-order valence-corrected chi connectivity index (χ0v) is 16.1. The molecule has 1 aromatic heterocycles. The van der Waals surface area contributed by atoms with Gasteiger partial charge in [0.2, 0.25) is 0 Å². The molecule has 144 valence electrons. The predicted octanol–water partition coefficient (Wildman–Crippen LogP) is 1.55. The van der Waals surface area contributed by atoms with Crippen LogP contribution in [0.1, 0.15) is 21.6 Å². The second-order valence-corrected chi connectivity index (χ2v) is 6.40. The van der Waals surface area contributed by atoms with E-state index in [0.717, 1.165) is 17.1 Å². The molecule has 2 aromatic rings. The van der Waals surface area contributed by atoms with Gasteiger partial charge in [-0.2, -0.15) is 4.37 Å². The van der Waals surface area contributed by atoms with Gasteiger partial charge in [-0.3, -0.25) is 4.79 Å². The highest BCUT2D eigenvalue weighted by molar-refractivity contribution is 7.10. The fourth-order valence-electron chi connectivity index (χ4n) is 2.41. The number of carbonyl (C=O) groups is 3. The number of aryl methyl sites for hydroxylation is 1. The molecule has 2 rings (SSSR count). The molecule has 8 nitrogen and oxygen atoms in total. The van der Waals surface area contributed by atoms with Crippen molar-refractivity contribution >= 4 is 34.4 Å². The third-order valence-corrected chi connectivity index (χ3v) is 4.69. The Morgan fingerprint density at radius 1 is 1.22 bits per heavy atom. The van der Waals surface area contributed by atoms with Crippen molar-refractivity contribution in [2.24, 2.45) is 0 Å². The van der Waals surface area contributed by atoms with Crippen molar-refractivity contribution in [2.75, 3.05) is 26.1 Å². The second-order valence-electron chi connectivity index (χ2n) is 5.63. The average molecular weight is 391 g/mol. The quantitative estimate of drug-likeness (QED) is 0.658. The number of ether oxygens (including phenoxy) is 2. The molecule has 27 heavy (non-hydrogen) atoms. The van der Waals surface area contributed by atoms with E-state index in [2.05, 4.69) is 15.0 Å². The Morgan fingerprint density at radius 2 is 1.93 bits per heavy atom. The number of rotatable bonds is 8. The van der Waals surface area contributed by atoms with Gasteiger partial charge in [-0.1, -0.05) is 30.3 Å². The van der Waals surface area contributed by atoms with Crippen LogP contribution in [0, 0.1) is 6.92 Å². The number of esters is 2. The smallest absolute Gasteiger partial charge is 0.343 e. The highest BCUT2D eigenvalue weighted by atomic mass is 32.1. The van der Waals surface area contributed by atoms with Crippen LogP contribution in [-0.2, 0) is 25.5 Å². The third-order valence-electron chi connectivity index (χ3n) is 3.73. The standard InChI is InChI=1S/C18H21N3O5S/c1-11-15(16(19-2)27-21-11)18(24)26-10-14(22)20-13(17(23)25-3)9-12-7-5-4-6-8-12/h4-8,13,19H,9-10H2,1-3H3,(H,20,22)/t13-/m0/s1. The number of nitrogens with zero attached hydrogens (tertiary/aromatic N) is 1. The van der Waals surface area contributed by atoms with E-state index in [1.807, 2.05) is 30.3 Å². The maximum Gasteiger partial charge on any atom is 0.343 e. The molecule has 0 aliphatic heterocycles. The van der Waals surface area contributed by atoms with Gasteiger partial charge in [0, 0.05) is 13.5 Å². The summed E-state index contributed by atoms with van der Waals surface area (Å²) >= 11 is 1.13. The molecule has 0 aliphatic carbocycles. The summed E-state index contributed by atoms with van der Waals surface area (Å²) in [5, 5.41) is 5.97. The lowest BCUT2D eigenvalue weighted by molar-refractivity contribution is -0.145. The van der Waals surface area contributed by atoms with Gasteiger partial charge in [0.1, 0.15) is 16.6 Å². The molecule has 0 unspecified atom stereocenters. The molecular formula is C18H21N3O5S. The van der Waals surface area contributed by atoms with Crippen molar-refractivity contribution in [1.29, 1.82) is 0 Å². The Balaban J connectivity index is 1.96. The van der Waals surface area contributed by atoms with Crippen LogP contribution in [0.15, 0.2) is 30.3 Å². The first-order valence-corrected chi connectivity index (χ1v) is 8.95. The van der Waals surface area contributed by atoms with Crippen LogP contribution in [0.2, 0.25) is 0 Å². The molecule has 0 aliphatic rings. The van der Waals surface area contributed by atoms with E-state index in [-0.39, 0.29) is 6.42 Å². The summed E-state index contributed by atoms with van der Waals surface area (Å²) in [6.07, 6.45) is 0.269. The minimum atomic E-state index is -0.874. The average Bonchev–Trinajstić information content (AvgIpc) is 3.06. The number of nitrogens with one attached hydrogen (secondary N) is 2. The van der Waals surface area contributed by atoms with Crippen LogP contribution in [0.4, 0.5) is 5.00 Å². The molecule has 1 aromatic carbocycles. The van der Waals surface area contributed by atoms with E-state index in [4.69, 9.17) is 9.47 Å². The number of hydrogen-bond donors (Lipinski definition) is 2. The summed E-state index contributed by atoms with van der Waals surface area (Å²) in [5.41, 5.74) is 1.68. The highest BCUT2D eigenvalue weighted by Gasteiger charge is 2.24. The van der Waals surface area contributed by atoms with Gasteiger partial charge in [0.15, 0.2) is 6.61 Å².